The molecule has 0 bridgehead atoms. The third-order valence-electron chi connectivity index (χ3n) is 5.70. The largest absolute Gasteiger partial charge is 0.453 e. The smallest absolute Gasteiger partial charge is 0.411 e. The minimum atomic E-state index is -0.493. The Morgan fingerprint density at radius 2 is 1.97 bits per heavy atom. The first kappa shape index (κ1) is 20.4. The SMILES string of the molecule is COC(=O)Nc1cc(-c2ccnc(NC3CCCCC3)c2)nc(N2CCNCC2)c1. The summed E-state index contributed by atoms with van der Waals surface area (Å²) in [6, 6.07) is 8.26. The van der Waals surface area contributed by atoms with Gasteiger partial charge in [0.2, 0.25) is 0 Å². The summed E-state index contributed by atoms with van der Waals surface area (Å²) in [5.74, 6) is 1.72. The summed E-state index contributed by atoms with van der Waals surface area (Å²) in [6.45, 7) is 3.57. The predicted molar refractivity (Wildman–Crippen MR) is 119 cm³/mol. The zero-order valence-corrected chi connectivity index (χ0v) is 17.5. The van der Waals surface area contributed by atoms with Crippen molar-refractivity contribution in [3.63, 3.8) is 0 Å². The van der Waals surface area contributed by atoms with Crippen molar-refractivity contribution in [2.24, 2.45) is 0 Å². The Bertz CT molecular complexity index is 862. The number of ether oxygens (including phenoxy) is 1. The number of aromatic nitrogens is 2. The van der Waals surface area contributed by atoms with Crippen molar-refractivity contribution >= 4 is 23.4 Å². The van der Waals surface area contributed by atoms with Crippen LogP contribution in [0.3, 0.4) is 0 Å². The monoisotopic (exact) mass is 410 g/mol. The number of amides is 1. The average molecular weight is 411 g/mol. The van der Waals surface area contributed by atoms with E-state index in [9.17, 15) is 4.79 Å². The van der Waals surface area contributed by atoms with Crippen LogP contribution < -0.4 is 20.9 Å². The molecular weight excluding hydrogens is 380 g/mol. The summed E-state index contributed by atoms with van der Waals surface area (Å²) in [6.07, 6.45) is 7.57. The fraction of sp³-hybridized carbons (Fsp3) is 0.500. The molecule has 2 aromatic heterocycles. The molecule has 0 unspecified atom stereocenters. The van der Waals surface area contributed by atoms with Crippen LogP contribution in [0.5, 0.6) is 0 Å². The molecule has 8 heteroatoms. The first-order valence-corrected chi connectivity index (χ1v) is 10.8. The number of anilines is 3. The van der Waals surface area contributed by atoms with Gasteiger partial charge in [0.1, 0.15) is 11.6 Å². The highest BCUT2D eigenvalue weighted by molar-refractivity contribution is 5.86. The number of pyridine rings is 2. The van der Waals surface area contributed by atoms with Gasteiger partial charge < -0.3 is 20.3 Å². The number of piperazine rings is 1. The van der Waals surface area contributed by atoms with Crippen LogP contribution in [-0.2, 0) is 4.74 Å². The standard InChI is InChI=1S/C22H30N6O2/c1-30-22(29)26-18-14-19(27-21(15-18)28-11-9-23-10-12-28)16-7-8-24-20(13-16)25-17-5-3-2-4-6-17/h7-8,13-15,17,23H,2-6,9-12H2,1H3,(H,24,25)(H,26,27,29). The highest BCUT2D eigenvalue weighted by Gasteiger charge is 2.17. The minimum absolute atomic E-state index is 0.484. The van der Waals surface area contributed by atoms with Gasteiger partial charge in [0.25, 0.3) is 0 Å². The lowest BCUT2D eigenvalue weighted by Gasteiger charge is -2.29. The normalized spacial score (nSPS) is 17.4. The third kappa shape index (κ3) is 5.18. The van der Waals surface area contributed by atoms with E-state index in [1.165, 1.54) is 39.2 Å². The van der Waals surface area contributed by atoms with Gasteiger partial charge in [0.15, 0.2) is 0 Å². The van der Waals surface area contributed by atoms with Gasteiger partial charge >= 0.3 is 6.09 Å². The summed E-state index contributed by atoms with van der Waals surface area (Å²) >= 11 is 0. The number of nitrogens with one attached hydrogen (secondary N) is 3. The van der Waals surface area contributed by atoms with Crippen molar-refractivity contribution in [1.82, 2.24) is 15.3 Å². The lowest BCUT2D eigenvalue weighted by atomic mass is 9.95. The second-order valence-electron chi connectivity index (χ2n) is 7.86. The van der Waals surface area contributed by atoms with E-state index in [2.05, 4.69) is 25.8 Å². The quantitative estimate of drug-likeness (QED) is 0.695. The van der Waals surface area contributed by atoms with E-state index in [-0.39, 0.29) is 0 Å². The van der Waals surface area contributed by atoms with Gasteiger partial charge in [-0.2, -0.15) is 0 Å². The number of rotatable bonds is 5. The highest BCUT2D eigenvalue weighted by Crippen LogP contribution is 2.28. The maximum absolute atomic E-state index is 11.8. The molecule has 3 heterocycles. The molecule has 1 saturated carbocycles. The number of hydrogen-bond donors (Lipinski definition) is 3. The van der Waals surface area contributed by atoms with E-state index in [1.54, 1.807) is 0 Å². The summed E-state index contributed by atoms with van der Waals surface area (Å²) < 4.78 is 4.77. The molecule has 1 amide bonds. The molecule has 0 radical (unpaired) electrons. The average Bonchev–Trinajstić information content (AvgIpc) is 2.80. The van der Waals surface area contributed by atoms with Crippen LogP contribution in [0.4, 0.5) is 22.1 Å². The molecular formula is C22H30N6O2. The van der Waals surface area contributed by atoms with Crippen LogP contribution in [0.15, 0.2) is 30.5 Å². The molecule has 2 aromatic rings. The molecule has 2 aliphatic rings. The van der Waals surface area contributed by atoms with Gasteiger partial charge in [-0.05, 0) is 31.0 Å². The van der Waals surface area contributed by atoms with Crippen molar-refractivity contribution in [2.45, 2.75) is 38.1 Å². The van der Waals surface area contributed by atoms with Crippen LogP contribution in [0.2, 0.25) is 0 Å². The van der Waals surface area contributed by atoms with E-state index in [4.69, 9.17) is 9.72 Å². The zero-order chi connectivity index (χ0) is 20.8. The molecule has 0 aromatic carbocycles. The molecule has 0 atom stereocenters. The summed E-state index contributed by atoms with van der Waals surface area (Å²) in [7, 11) is 1.36. The summed E-state index contributed by atoms with van der Waals surface area (Å²) in [4.78, 5) is 23.4. The fourth-order valence-electron chi connectivity index (χ4n) is 4.09. The minimum Gasteiger partial charge on any atom is -0.453 e. The van der Waals surface area contributed by atoms with Gasteiger partial charge in [0, 0.05) is 55.7 Å². The molecule has 4 rings (SSSR count). The van der Waals surface area contributed by atoms with Crippen LogP contribution in [0, 0.1) is 0 Å². The van der Waals surface area contributed by atoms with Crippen LogP contribution in [-0.4, -0.2) is 55.4 Å². The number of nitrogens with zero attached hydrogens (tertiary/aromatic N) is 3. The number of carbonyl (C=O) groups is 1. The molecule has 1 aliphatic carbocycles. The van der Waals surface area contributed by atoms with E-state index in [0.717, 1.165) is 49.1 Å². The lowest BCUT2D eigenvalue weighted by Crippen LogP contribution is -2.43. The van der Waals surface area contributed by atoms with Crippen molar-refractivity contribution in [1.29, 1.82) is 0 Å². The van der Waals surface area contributed by atoms with E-state index >= 15 is 0 Å². The molecule has 0 spiro atoms. The Hall–Kier alpha value is -2.87. The highest BCUT2D eigenvalue weighted by atomic mass is 16.5. The third-order valence-corrected chi connectivity index (χ3v) is 5.70. The number of carbonyl (C=O) groups excluding carboxylic acids is 1. The Morgan fingerprint density at radius 1 is 1.17 bits per heavy atom. The second kappa shape index (κ2) is 9.75. The van der Waals surface area contributed by atoms with Gasteiger partial charge in [-0.1, -0.05) is 19.3 Å². The summed E-state index contributed by atoms with van der Waals surface area (Å²) in [5.41, 5.74) is 2.43. The molecule has 8 nitrogen and oxygen atoms in total. The van der Waals surface area contributed by atoms with Gasteiger partial charge in [-0.25, -0.2) is 14.8 Å². The maximum Gasteiger partial charge on any atom is 0.411 e. The first-order chi connectivity index (χ1) is 14.7. The molecule has 160 valence electrons. The Balaban J connectivity index is 1.62. The Labute approximate surface area is 177 Å². The van der Waals surface area contributed by atoms with Crippen molar-refractivity contribution in [3.8, 4) is 11.3 Å². The summed E-state index contributed by atoms with van der Waals surface area (Å²) in [5, 5.41) is 9.72. The van der Waals surface area contributed by atoms with Crippen LogP contribution in [0.1, 0.15) is 32.1 Å². The van der Waals surface area contributed by atoms with Gasteiger partial charge in [-0.15, -0.1) is 0 Å². The van der Waals surface area contributed by atoms with Crippen molar-refractivity contribution in [3.05, 3.63) is 30.5 Å². The fourth-order valence-corrected chi connectivity index (χ4v) is 4.09. The lowest BCUT2D eigenvalue weighted by molar-refractivity contribution is 0.187. The van der Waals surface area contributed by atoms with Crippen molar-refractivity contribution in [2.75, 3.05) is 48.8 Å². The number of hydrogen-bond acceptors (Lipinski definition) is 7. The van der Waals surface area contributed by atoms with Crippen LogP contribution in [0.25, 0.3) is 11.3 Å². The maximum atomic E-state index is 11.8. The number of methoxy groups -OCH3 is 1. The topological polar surface area (TPSA) is 91.4 Å². The zero-order valence-electron chi connectivity index (χ0n) is 17.5. The molecule has 3 N–H and O–H groups in total. The van der Waals surface area contributed by atoms with Gasteiger partial charge in [0.05, 0.1) is 12.8 Å². The van der Waals surface area contributed by atoms with Gasteiger partial charge in [-0.3, -0.25) is 5.32 Å². The van der Waals surface area contributed by atoms with Crippen molar-refractivity contribution < 1.29 is 9.53 Å². The molecule has 1 aliphatic heterocycles. The predicted octanol–water partition coefficient (Wildman–Crippen LogP) is 3.48. The Morgan fingerprint density at radius 3 is 2.73 bits per heavy atom. The van der Waals surface area contributed by atoms with E-state index in [1.807, 2.05) is 30.5 Å². The molecule has 30 heavy (non-hydrogen) atoms. The molecule has 1 saturated heterocycles. The van der Waals surface area contributed by atoms with E-state index < -0.39 is 6.09 Å². The Kier molecular flexibility index (Phi) is 6.63. The van der Waals surface area contributed by atoms with E-state index in [0.29, 0.717) is 11.7 Å². The second-order valence-corrected chi connectivity index (χ2v) is 7.86. The first-order valence-electron chi connectivity index (χ1n) is 10.8. The van der Waals surface area contributed by atoms with Crippen LogP contribution >= 0.6 is 0 Å². The molecule has 2 fully saturated rings.